The monoisotopic (exact) mass is 295 g/mol. The molecule has 0 aliphatic heterocycles. The molecule has 102 valence electrons. The molecule has 7 heteroatoms. The fraction of sp³-hybridized carbons (Fsp3) is 0.0769. The zero-order chi connectivity index (χ0) is 14.3. The molecule has 3 nitrogen and oxygen atoms in total. The van der Waals surface area contributed by atoms with Gasteiger partial charge >= 0.3 is 6.18 Å². The highest BCUT2D eigenvalue weighted by Crippen LogP contribution is 2.38. The Hall–Kier alpha value is -2.15. The van der Waals surface area contributed by atoms with Crippen LogP contribution in [0.3, 0.4) is 0 Å². The number of pyridine rings is 1. The Bertz CT molecular complexity index is 766. The van der Waals surface area contributed by atoms with Crippen molar-refractivity contribution in [1.29, 1.82) is 0 Å². The molecule has 0 aliphatic carbocycles. The first-order chi connectivity index (χ1) is 9.45. The summed E-state index contributed by atoms with van der Waals surface area (Å²) in [4.78, 5) is 8.14. The molecule has 2 heterocycles. The molecule has 0 saturated heterocycles. The molecule has 0 atom stereocenters. The van der Waals surface area contributed by atoms with Gasteiger partial charge in [-0.3, -0.25) is 0 Å². The van der Waals surface area contributed by atoms with Gasteiger partial charge in [0.05, 0.1) is 11.3 Å². The summed E-state index contributed by atoms with van der Waals surface area (Å²) in [5.41, 5.74) is 5.36. The molecule has 2 aromatic heterocycles. The van der Waals surface area contributed by atoms with Crippen molar-refractivity contribution >= 4 is 26.8 Å². The van der Waals surface area contributed by atoms with Crippen molar-refractivity contribution in [2.75, 3.05) is 5.73 Å². The lowest BCUT2D eigenvalue weighted by molar-refractivity contribution is -0.136. The highest BCUT2D eigenvalue weighted by atomic mass is 32.1. The molecule has 0 fully saturated rings. The second-order valence-electron chi connectivity index (χ2n) is 4.12. The van der Waals surface area contributed by atoms with E-state index in [-0.39, 0.29) is 21.2 Å². The minimum absolute atomic E-state index is 0.0724. The van der Waals surface area contributed by atoms with Gasteiger partial charge in [-0.1, -0.05) is 41.7 Å². The normalized spacial score (nSPS) is 11.9. The van der Waals surface area contributed by atoms with Gasteiger partial charge in [0, 0.05) is 5.56 Å². The fourth-order valence-electron chi connectivity index (χ4n) is 1.90. The van der Waals surface area contributed by atoms with E-state index in [9.17, 15) is 13.2 Å². The van der Waals surface area contributed by atoms with E-state index in [1.165, 1.54) is 0 Å². The van der Waals surface area contributed by atoms with Crippen LogP contribution in [0.25, 0.3) is 21.6 Å². The standard InChI is InChI=1S/C13H8F3N3S/c14-13(15,16)8-6-9(7-4-2-1-3-5-7)18-11-10(8)19-12(17)20-11/h1-6H,(H2,17,19). The molecule has 3 aromatic rings. The largest absolute Gasteiger partial charge is 0.418 e. The number of rotatable bonds is 1. The van der Waals surface area contributed by atoms with Crippen LogP contribution in [0.1, 0.15) is 5.56 Å². The second kappa shape index (κ2) is 4.45. The van der Waals surface area contributed by atoms with E-state index in [0.717, 1.165) is 17.4 Å². The minimum atomic E-state index is -4.49. The van der Waals surface area contributed by atoms with Crippen molar-refractivity contribution < 1.29 is 13.2 Å². The molecule has 0 bridgehead atoms. The van der Waals surface area contributed by atoms with Crippen molar-refractivity contribution in [3.05, 3.63) is 42.0 Å². The smallest absolute Gasteiger partial charge is 0.375 e. The topological polar surface area (TPSA) is 51.8 Å². The van der Waals surface area contributed by atoms with E-state index in [1.807, 2.05) is 0 Å². The molecule has 0 amide bonds. The highest BCUT2D eigenvalue weighted by molar-refractivity contribution is 7.21. The summed E-state index contributed by atoms with van der Waals surface area (Å²) in [5.74, 6) is 0. The average Bonchev–Trinajstić information content (AvgIpc) is 2.77. The van der Waals surface area contributed by atoms with Gasteiger partial charge in [0.2, 0.25) is 0 Å². The van der Waals surface area contributed by atoms with Crippen LogP contribution in [-0.2, 0) is 6.18 Å². The Kier molecular flexibility index (Phi) is 2.86. The summed E-state index contributed by atoms with van der Waals surface area (Å²) in [6.07, 6.45) is -4.49. The zero-order valence-electron chi connectivity index (χ0n) is 9.98. The predicted molar refractivity (Wildman–Crippen MR) is 72.3 cm³/mol. The van der Waals surface area contributed by atoms with Crippen LogP contribution in [0.5, 0.6) is 0 Å². The maximum atomic E-state index is 13.1. The number of nitrogens with zero attached hydrogens (tertiary/aromatic N) is 2. The molecule has 0 aliphatic rings. The van der Waals surface area contributed by atoms with Crippen LogP contribution in [0.15, 0.2) is 36.4 Å². The molecule has 1 aromatic carbocycles. The highest BCUT2D eigenvalue weighted by Gasteiger charge is 2.35. The van der Waals surface area contributed by atoms with E-state index < -0.39 is 11.7 Å². The van der Waals surface area contributed by atoms with Crippen LogP contribution < -0.4 is 5.73 Å². The van der Waals surface area contributed by atoms with Gasteiger partial charge in [0.15, 0.2) is 5.13 Å². The SMILES string of the molecule is Nc1nc2c(C(F)(F)F)cc(-c3ccccc3)nc2s1. The van der Waals surface area contributed by atoms with Crippen LogP contribution >= 0.6 is 11.3 Å². The maximum Gasteiger partial charge on any atom is 0.418 e. The summed E-state index contributed by atoms with van der Waals surface area (Å²) in [7, 11) is 0. The van der Waals surface area contributed by atoms with E-state index >= 15 is 0 Å². The van der Waals surface area contributed by atoms with Gasteiger partial charge in [0.25, 0.3) is 0 Å². The van der Waals surface area contributed by atoms with E-state index in [2.05, 4.69) is 9.97 Å². The van der Waals surface area contributed by atoms with Crippen molar-refractivity contribution in [1.82, 2.24) is 9.97 Å². The number of nitrogens with two attached hydrogens (primary N) is 1. The van der Waals surface area contributed by atoms with E-state index in [1.54, 1.807) is 30.3 Å². The fourth-order valence-corrected chi connectivity index (χ4v) is 2.63. The van der Waals surface area contributed by atoms with Crippen LogP contribution in [0.4, 0.5) is 18.3 Å². The molecule has 0 spiro atoms. The van der Waals surface area contributed by atoms with Gasteiger partial charge in [-0.2, -0.15) is 13.2 Å². The number of thiazole rings is 1. The molecule has 20 heavy (non-hydrogen) atoms. The lowest BCUT2D eigenvalue weighted by Gasteiger charge is -2.09. The van der Waals surface area contributed by atoms with Crippen LogP contribution in [0.2, 0.25) is 0 Å². The zero-order valence-corrected chi connectivity index (χ0v) is 10.8. The number of halogens is 3. The Balaban J connectivity index is 2.31. The van der Waals surface area contributed by atoms with Crippen LogP contribution in [-0.4, -0.2) is 9.97 Å². The maximum absolute atomic E-state index is 13.1. The number of anilines is 1. The lowest BCUT2D eigenvalue weighted by atomic mass is 10.1. The van der Waals surface area contributed by atoms with Gasteiger partial charge in [-0.15, -0.1) is 0 Å². The summed E-state index contributed by atoms with van der Waals surface area (Å²) < 4.78 is 39.4. The summed E-state index contributed by atoms with van der Waals surface area (Å²) in [6, 6.07) is 9.71. The summed E-state index contributed by atoms with van der Waals surface area (Å²) in [6.45, 7) is 0. The van der Waals surface area contributed by atoms with E-state index in [0.29, 0.717) is 5.56 Å². The van der Waals surface area contributed by atoms with E-state index in [4.69, 9.17) is 5.73 Å². The number of hydrogen-bond donors (Lipinski definition) is 1. The molecule has 0 unspecified atom stereocenters. The summed E-state index contributed by atoms with van der Waals surface area (Å²) >= 11 is 0.947. The molecular weight excluding hydrogens is 287 g/mol. The van der Waals surface area contributed by atoms with Crippen molar-refractivity contribution in [2.24, 2.45) is 0 Å². The van der Waals surface area contributed by atoms with Crippen molar-refractivity contribution in [3.63, 3.8) is 0 Å². The number of alkyl halides is 3. The molecule has 0 radical (unpaired) electrons. The predicted octanol–water partition coefficient (Wildman–Crippen LogP) is 3.96. The molecule has 3 rings (SSSR count). The number of nitrogen functional groups attached to an aromatic ring is 1. The first-order valence-corrected chi connectivity index (χ1v) is 6.46. The lowest BCUT2D eigenvalue weighted by Crippen LogP contribution is -2.07. The number of hydrogen-bond acceptors (Lipinski definition) is 4. The van der Waals surface area contributed by atoms with Gasteiger partial charge in [-0.25, -0.2) is 9.97 Å². The molecular formula is C13H8F3N3S. The molecule has 2 N–H and O–H groups in total. The Labute approximate surface area is 115 Å². The van der Waals surface area contributed by atoms with Gasteiger partial charge < -0.3 is 5.73 Å². The van der Waals surface area contributed by atoms with Gasteiger partial charge in [-0.05, 0) is 6.07 Å². The number of aromatic nitrogens is 2. The molecule has 0 saturated carbocycles. The third kappa shape index (κ3) is 2.20. The number of fused-ring (bicyclic) bond motifs is 1. The number of benzene rings is 1. The quantitative estimate of drug-likeness (QED) is 0.739. The minimum Gasteiger partial charge on any atom is -0.375 e. The Morgan fingerprint density at radius 2 is 1.75 bits per heavy atom. The van der Waals surface area contributed by atoms with Crippen LogP contribution in [0, 0.1) is 0 Å². The first kappa shape index (κ1) is 12.9. The Morgan fingerprint density at radius 1 is 1.05 bits per heavy atom. The second-order valence-corrected chi connectivity index (χ2v) is 5.13. The Morgan fingerprint density at radius 3 is 2.40 bits per heavy atom. The third-order valence-corrected chi connectivity index (χ3v) is 3.54. The van der Waals surface area contributed by atoms with Crippen molar-refractivity contribution in [3.8, 4) is 11.3 Å². The third-order valence-electron chi connectivity index (χ3n) is 2.76. The van der Waals surface area contributed by atoms with Gasteiger partial charge in [0.1, 0.15) is 10.3 Å². The first-order valence-electron chi connectivity index (χ1n) is 5.65. The average molecular weight is 295 g/mol. The summed E-state index contributed by atoms with van der Waals surface area (Å²) in [5, 5.41) is 0.0724. The van der Waals surface area contributed by atoms with Crippen molar-refractivity contribution in [2.45, 2.75) is 6.18 Å².